The highest BCUT2D eigenvalue weighted by molar-refractivity contribution is 5.72. The SMILES string of the molecule is CC(=O)NC[C@@H](O)c1ccc(F)c([N+](=O)[O-])c1. The fraction of sp³-hybridized carbons (Fsp3) is 0.300. The summed E-state index contributed by atoms with van der Waals surface area (Å²) in [5, 5.41) is 22.4. The number of aliphatic hydroxyl groups is 1. The van der Waals surface area contributed by atoms with Crippen LogP contribution in [0.2, 0.25) is 0 Å². The van der Waals surface area contributed by atoms with Crippen molar-refractivity contribution in [2.24, 2.45) is 0 Å². The van der Waals surface area contributed by atoms with Gasteiger partial charge in [0, 0.05) is 19.5 Å². The molecule has 0 unspecified atom stereocenters. The van der Waals surface area contributed by atoms with Crippen molar-refractivity contribution in [2.75, 3.05) is 6.54 Å². The van der Waals surface area contributed by atoms with Crippen LogP contribution in [0.25, 0.3) is 0 Å². The molecule has 1 atom stereocenters. The second-order valence-electron chi connectivity index (χ2n) is 3.42. The molecule has 1 aromatic carbocycles. The van der Waals surface area contributed by atoms with E-state index >= 15 is 0 Å². The van der Waals surface area contributed by atoms with E-state index in [4.69, 9.17) is 0 Å². The minimum absolute atomic E-state index is 0.0852. The van der Waals surface area contributed by atoms with E-state index < -0.39 is 22.5 Å². The number of carbonyl (C=O) groups excluding carboxylic acids is 1. The van der Waals surface area contributed by atoms with Crippen LogP contribution in [-0.2, 0) is 4.79 Å². The van der Waals surface area contributed by atoms with Crippen molar-refractivity contribution in [3.8, 4) is 0 Å². The van der Waals surface area contributed by atoms with Crippen LogP contribution >= 0.6 is 0 Å². The van der Waals surface area contributed by atoms with E-state index in [0.29, 0.717) is 0 Å². The summed E-state index contributed by atoms with van der Waals surface area (Å²) in [6, 6.07) is 3.08. The molecule has 1 aromatic rings. The minimum atomic E-state index is -1.11. The molecular weight excluding hydrogens is 231 g/mol. The Morgan fingerprint density at radius 1 is 1.65 bits per heavy atom. The molecule has 0 aliphatic carbocycles. The van der Waals surface area contributed by atoms with Crippen molar-refractivity contribution in [1.29, 1.82) is 0 Å². The zero-order chi connectivity index (χ0) is 13.0. The molecular formula is C10H11FN2O4. The molecule has 0 fully saturated rings. The Bertz CT molecular complexity index is 450. The third-order valence-corrected chi connectivity index (χ3v) is 2.10. The third-order valence-electron chi connectivity index (χ3n) is 2.10. The van der Waals surface area contributed by atoms with Crippen molar-refractivity contribution in [2.45, 2.75) is 13.0 Å². The van der Waals surface area contributed by atoms with Gasteiger partial charge in [-0.2, -0.15) is 4.39 Å². The quantitative estimate of drug-likeness (QED) is 0.606. The molecule has 1 amide bonds. The number of amides is 1. The molecule has 0 heterocycles. The molecule has 0 radical (unpaired) electrons. The molecule has 2 N–H and O–H groups in total. The van der Waals surface area contributed by atoms with Gasteiger partial charge in [0.2, 0.25) is 11.7 Å². The summed E-state index contributed by atoms with van der Waals surface area (Å²) in [5.41, 5.74) is -0.531. The molecule has 0 bridgehead atoms. The zero-order valence-electron chi connectivity index (χ0n) is 9.01. The highest BCUT2D eigenvalue weighted by atomic mass is 19.1. The Morgan fingerprint density at radius 3 is 2.82 bits per heavy atom. The van der Waals surface area contributed by atoms with Gasteiger partial charge in [-0.05, 0) is 11.6 Å². The Balaban J connectivity index is 2.87. The molecule has 7 heteroatoms. The number of carbonyl (C=O) groups is 1. The summed E-state index contributed by atoms with van der Waals surface area (Å²) in [7, 11) is 0. The predicted octanol–water partition coefficient (Wildman–Crippen LogP) is 0.903. The summed E-state index contributed by atoms with van der Waals surface area (Å²) in [6.45, 7) is 1.19. The highest BCUT2D eigenvalue weighted by Gasteiger charge is 2.17. The summed E-state index contributed by atoms with van der Waals surface area (Å²) in [4.78, 5) is 20.2. The lowest BCUT2D eigenvalue weighted by Crippen LogP contribution is -2.25. The van der Waals surface area contributed by atoms with Crippen LogP contribution in [0.1, 0.15) is 18.6 Å². The number of rotatable bonds is 4. The lowest BCUT2D eigenvalue weighted by Gasteiger charge is -2.11. The first-order chi connectivity index (χ1) is 7.91. The van der Waals surface area contributed by atoms with E-state index in [1.807, 2.05) is 0 Å². The van der Waals surface area contributed by atoms with Gasteiger partial charge < -0.3 is 10.4 Å². The number of aliphatic hydroxyl groups excluding tert-OH is 1. The Labute approximate surface area is 96.2 Å². The van der Waals surface area contributed by atoms with Crippen LogP contribution in [-0.4, -0.2) is 22.5 Å². The smallest absolute Gasteiger partial charge is 0.305 e. The molecule has 0 aromatic heterocycles. The normalized spacial score (nSPS) is 11.9. The molecule has 6 nitrogen and oxygen atoms in total. The monoisotopic (exact) mass is 242 g/mol. The number of nitro benzene ring substituents is 1. The third kappa shape index (κ3) is 3.49. The minimum Gasteiger partial charge on any atom is -0.387 e. The number of halogens is 1. The average Bonchev–Trinajstić information content (AvgIpc) is 2.26. The molecule has 0 saturated carbocycles. The van der Waals surface area contributed by atoms with Gasteiger partial charge in [0.15, 0.2) is 0 Å². The Hall–Kier alpha value is -2.02. The first kappa shape index (κ1) is 13.0. The maximum Gasteiger partial charge on any atom is 0.305 e. The summed E-state index contributed by atoms with van der Waals surface area (Å²) >= 11 is 0. The number of nitrogens with zero attached hydrogens (tertiary/aromatic N) is 1. The number of benzene rings is 1. The predicted molar refractivity (Wildman–Crippen MR) is 56.7 cm³/mol. The first-order valence-corrected chi connectivity index (χ1v) is 4.78. The lowest BCUT2D eigenvalue weighted by molar-refractivity contribution is -0.387. The standard InChI is InChI=1S/C10H11FN2O4/c1-6(14)12-5-10(15)7-2-3-8(11)9(4-7)13(16)17/h2-4,10,15H,5H2,1H3,(H,12,14)/t10-/m1/s1. The van der Waals surface area contributed by atoms with Crippen LogP contribution in [0.3, 0.4) is 0 Å². The second kappa shape index (κ2) is 5.35. The van der Waals surface area contributed by atoms with Crippen LogP contribution in [0.15, 0.2) is 18.2 Å². The van der Waals surface area contributed by atoms with E-state index in [1.54, 1.807) is 0 Å². The van der Waals surface area contributed by atoms with Gasteiger partial charge in [-0.3, -0.25) is 14.9 Å². The van der Waals surface area contributed by atoms with Crippen LogP contribution in [0, 0.1) is 15.9 Å². The maximum atomic E-state index is 13.0. The van der Waals surface area contributed by atoms with E-state index in [-0.39, 0.29) is 18.0 Å². The van der Waals surface area contributed by atoms with E-state index in [2.05, 4.69) is 5.32 Å². The Kier molecular flexibility index (Phi) is 4.11. The molecule has 1 rings (SSSR count). The fourth-order valence-corrected chi connectivity index (χ4v) is 1.24. The van der Waals surface area contributed by atoms with Gasteiger partial charge in [-0.15, -0.1) is 0 Å². The largest absolute Gasteiger partial charge is 0.387 e. The highest BCUT2D eigenvalue weighted by Crippen LogP contribution is 2.22. The zero-order valence-corrected chi connectivity index (χ0v) is 9.01. The van der Waals surface area contributed by atoms with Crippen LogP contribution < -0.4 is 5.32 Å². The number of hydrogen-bond acceptors (Lipinski definition) is 4. The van der Waals surface area contributed by atoms with Gasteiger partial charge in [0.25, 0.3) is 0 Å². The van der Waals surface area contributed by atoms with E-state index in [9.17, 15) is 24.4 Å². The average molecular weight is 242 g/mol. The van der Waals surface area contributed by atoms with Crippen LogP contribution in [0.4, 0.5) is 10.1 Å². The molecule has 17 heavy (non-hydrogen) atoms. The van der Waals surface area contributed by atoms with Crippen molar-refractivity contribution < 1.29 is 19.2 Å². The molecule has 0 saturated heterocycles. The fourth-order valence-electron chi connectivity index (χ4n) is 1.24. The van der Waals surface area contributed by atoms with E-state index in [0.717, 1.165) is 12.1 Å². The first-order valence-electron chi connectivity index (χ1n) is 4.78. The van der Waals surface area contributed by atoms with Crippen molar-refractivity contribution in [3.63, 3.8) is 0 Å². The van der Waals surface area contributed by atoms with Gasteiger partial charge in [-0.25, -0.2) is 0 Å². The maximum absolute atomic E-state index is 13.0. The van der Waals surface area contributed by atoms with Crippen LogP contribution in [0.5, 0.6) is 0 Å². The molecule has 92 valence electrons. The number of nitro groups is 1. The molecule has 0 aliphatic heterocycles. The molecule has 0 spiro atoms. The van der Waals surface area contributed by atoms with Crippen molar-refractivity contribution >= 4 is 11.6 Å². The van der Waals surface area contributed by atoms with Gasteiger partial charge in [0.1, 0.15) is 0 Å². The lowest BCUT2D eigenvalue weighted by atomic mass is 10.1. The van der Waals surface area contributed by atoms with Crippen molar-refractivity contribution in [1.82, 2.24) is 5.32 Å². The van der Waals surface area contributed by atoms with Gasteiger partial charge in [-0.1, -0.05) is 6.07 Å². The summed E-state index contributed by atoms with van der Waals surface area (Å²) in [6.07, 6.45) is -1.11. The van der Waals surface area contributed by atoms with Gasteiger partial charge >= 0.3 is 5.69 Å². The summed E-state index contributed by atoms with van der Waals surface area (Å²) < 4.78 is 13.0. The number of nitrogens with one attached hydrogen (secondary N) is 1. The Morgan fingerprint density at radius 2 is 2.29 bits per heavy atom. The van der Waals surface area contributed by atoms with Crippen molar-refractivity contribution in [3.05, 3.63) is 39.7 Å². The number of hydrogen-bond donors (Lipinski definition) is 2. The summed E-state index contributed by atoms with van der Waals surface area (Å²) in [5.74, 6) is -1.30. The van der Waals surface area contributed by atoms with E-state index in [1.165, 1.54) is 13.0 Å². The topological polar surface area (TPSA) is 92.5 Å². The van der Waals surface area contributed by atoms with Gasteiger partial charge in [0.05, 0.1) is 11.0 Å². The molecule has 0 aliphatic rings. The second-order valence-corrected chi connectivity index (χ2v) is 3.42.